The molecule has 0 spiro atoms. The summed E-state index contributed by atoms with van der Waals surface area (Å²) in [5, 5.41) is 26.7. The van der Waals surface area contributed by atoms with Crippen LogP contribution in [-0.2, 0) is 4.79 Å². The topological polar surface area (TPSA) is 122 Å². The minimum absolute atomic E-state index is 0.0204. The van der Waals surface area contributed by atoms with Gasteiger partial charge in [-0.15, -0.1) is 0 Å². The second-order valence-corrected chi connectivity index (χ2v) is 12.6. The van der Waals surface area contributed by atoms with Crippen molar-refractivity contribution >= 4 is 23.1 Å². The van der Waals surface area contributed by atoms with Gasteiger partial charge >= 0.3 is 5.97 Å². The van der Waals surface area contributed by atoms with E-state index in [9.17, 15) is 15.0 Å². The first-order chi connectivity index (χ1) is 21.6. The van der Waals surface area contributed by atoms with Gasteiger partial charge in [-0.1, -0.05) is 20.8 Å². The van der Waals surface area contributed by atoms with Gasteiger partial charge in [0, 0.05) is 65.0 Å². The lowest BCUT2D eigenvalue weighted by Gasteiger charge is -2.24. The molecule has 6 heterocycles. The zero-order chi connectivity index (χ0) is 31.7. The highest BCUT2D eigenvalue weighted by molar-refractivity contribution is 6.21. The molecule has 1 saturated heterocycles. The van der Waals surface area contributed by atoms with Gasteiger partial charge in [0.05, 0.1) is 39.9 Å². The number of aliphatic hydroxyl groups excluding tert-OH is 1. The van der Waals surface area contributed by atoms with Crippen LogP contribution in [0.4, 0.5) is 0 Å². The quantitative estimate of drug-likeness (QED) is 0.271. The summed E-state index contributed by atoms with van der Waals surface area (Å²) in [6, 6.07) is 0. The van der Waals surface area contributed by atoms with Gasteiger partial charge in [0.2, 0.25) is 0 Å². The second kappa shape index (κ2) is 10.8. The van der Waals surface area contributed by atoms with Crippen LogP contribution < -0.4 is 10.7 Å². The highest BCUT2D eigenvalue weighted by Gasteiger charge is 2.41. The van der Waals surface area contributed by atoms with Gasteiger partial charge in [-0.3, -0.25) is 9.80 Å². The zero-order valence-electron chi connectivity index (χ0n) is 26.8. The number of hydrazine groups is 1. The Hall–Kier alpha value is -4.50. The van der Waals surface area contributed by atoms with Crippen molar-refractivity contribution in [3.05, 3.63) is 103 Å². The van der Waals surface area contributed by atoms with E-state index in [0.29, 0.717) is 18.6 Å². The minimum Gasteiger partial charge on any atom is -0.511 e. The molecule has 2 atom stereocenters. The molecule has 6 aliphatic heterocycles. The molecule has 0 aromatic heterocycles. The molecule has 0 unspecified atom stereocenters. The largest absolute Gasteiger partial charge is 0.511 e. The Morgan fingerprint density at radius 2 is 1.76 bits per heavy atom. The van der Waals surface area contributed by atoms with Crippen LogP contribution in [0.1, 0.15) is 73.6 Å². The molecule has 0 amide bonds. The van der Waals surface area contributed by atoms with Gasteiger partial charge < -0.3 is 15.5 Å². The molecule has 7 aliphatic rings. The predicted molar refractivity (Wildman–Crippen MR) is 177 cm³/mol. The van der Waals surface area contributed by atoms with Gasteiger partial charge in [0.25, 0.3) is 0 Å². The first-order valence-electron chi connectivity index (χ1n) is 16.0. The van der Waals surface area contributed by atoms with E-state index in [1.807, 2.05) is 13.0 Å². The van der Waals surface area contributed by atoms with Crippen LogP contribution in [0.15, 0.2) is 118 Å². The van der Waals surface area contributed by atoms with Crippen molar-refractivity contribution in [3.8, 4) is 0 Å². The lowest BCUT2D eigenvalue weighted by atomic mass is 9.86. The van der Waals surface area contributed by atoms with Crippen LogP contribution in [-0.4, -0.2) is 44.9 Å². The van der Waals surface area contributed by atoms with E-state index in [2.05, 4.69) is 68.6 Å². The number of fused-ring (bicyclic) bond motifs is 5. The maximum Gasteiger partial charge on any atom is 0.303 e. The van der Waals surface area contributed by atoms with E-state index < -0.39 is 5.97 Å². The van der Waals surface area contributed by atoms with E-state index in [1.165, 1.54) is 11.3 Å². The SMILES string of the molecule is CCC1=CCNN1C1=C(C)C2=NC1=CC1=NC(=CC3=C(C)C4=C(O)CC(=C5NC(=C2)[C@@H](C)[C@@H]5CCC(=O)O)C4=N3)C(CC)=C1C. The third-order valence-electron chi connectivity index (χ3n) is 10.1. The highest BCUT2D eigenvalue weighted by Crippen LogP contribution is 2.46. The number of nitrogens with zero attached hydrogens (tertiary/aromatic N) is 4. The number of rotatable bonds is 6. The molecule has 0 saturated carbocycles. The second-order valence-electron chi connectivity index (χ2n) is 12.6. The molecule has 0 aromatic carbocycles. The number of aliphatic imine (C=N–C) groups is 3. The molecule has 1 fully saturated rings. The number of allylic oxidation sites excluding steroid dienone is 12. The molecular formula is C36H40N6O3. The maximum absolute atomic E-state index is 11.7. The summed E-state index contributed by atoms with van der Waals surface area (Å²) in [5.41, 5.74) is 18.8. The smallest absolute Gasteiger partial charge is 0.303 e. The minimum atomic E-state index is -0.817. The van der Waals surface area contributed by atoms with Crippen LogP contribution in [0.5, 0.6) is 0 Å². The third-order valence-corrected chi connectivity index (χ3v) is 10.1. The average molecular weight is 605 g/mol. The zero-order valence-corrected chi connectivity index (χ0v) is 26.8. The summed E-state index contributed by atoms with van der Waals surface area (Å²) < 4.78 is 0. The number of carboxylic acids is 1. The number of hydrogen-bond donors (Lipinski definition) is 4. The molecule has 9 heteroatoms. The Labute approximate surface area is 264 Å². The Morgan fingerprint density at radius 3 is 2.49 bits per heavy atom. The maximum atomic E-state index is 11.7. The molecule has 232 valence electrons. The highest BCUT2D eigenvalue weighted by atomic mass is 16.4. The van der Waals surface area contributed by atoms with E-state index in [1.54, 1.807) is 0 Å². The third kappa shape index (κ3) is 4.55. The number of aliphatic hydroxyl groups is 1. The van der Waals surface area contributed by atoms with E-state index in [-0.39, 0.29) is 18.3 Å². The average Bonchev–Trinajstić information content (AvgIpc) is 3.83. The molecular weight excluding hydrogens is 564 g/mol. The molecule has 4 N–H and O–H groups in total. The summed E-state index contributed by atoms with van der Waals surface area (Å²) in [4.78, 5) is 27.2. The lowest BCUT2D eigenvalue weighted by molar-refractivity contribution is -0.137. The van der Waals surface area contributed by atoms with E-state index in [4.69, 9.17) is 15.0 Å². The van der Waals surface area contributed by atoms with Crippen molar-refractivity contribution in [2.75, 3.05) is 6.54 Å². The van der Waals surface area contributed by atoms with Crippen LogP contribution in [0.2, 0.25) is 0 Å². The normalized spacial score (nSPS) is 25.6. The van der Waals surface area contributed by atoms with Crippen LogP contribution in [0.3, 0.4) is 0 Å². The van der Waals surface area contributed by atoms with Crippen molar-refractivity contribution in [2.24, 2.45) is 26.8 Å². The van der Waals surface area contributed by atoms with Crippen LogP contribution >= 0.6 is 0 Å². The van der Waals surface area contributed by atoms with E-state index in [0.717, 1.165) is 98.6 Å². The molecule has 0 radical (unpaired) electrons. The molecule has 1 aliphatic carbocycles. The van der Waals surface area contributed by atoms with Gasteiger partial charge in [0.15, 0.2) is 0 Å². The predicted octanol–water partition coefficient (Wildman–Crippen LogP) is 6.59. The van der Waals surface area contributed by atoms with Gasteiger partial charge in [-0.2, -0.15) is 0 Å². The summed E-state index contributed by atoms with van der Waals surface area (Å²) in [5.74, 6) is -0.556. The molecule has 9 nitrogen and oxygen atoms in total. The number of hydrogen-bond acceptors (Lipinski definition) is 8. The molecule has 8 bridgehead atoms. The van der Waals surface area contributed by atoms with E-state index >= 15 is 0 Å². The lowest BCUT2D eigenvalue weighted by Crippen LogP contribution is -2.32. The fourth-order valence-electron chi connectivity index (χ4n) is 7.63. The van der Waals surface area contributed by atoms with Crippen LogP contribution in [0, 0.1) is 11.8 Å². The Balaban J connectivity index is 1.47. The first kappa shape index (κ1) is 29.2. The van der Waals surface area contributed by atoms with Gasteiger partial charge in [-0.05, 0) is 81.1 Å². The summed E-state index contributed by atoms with van der Waals surface area (Å²) in [6.45, 7) is 13.5. The standard InChI is InChI=1S/C36H40N6O3/c1-7-21-11-12-37-42(21)36-20(6)28-14-26-18(4)23(9-10-32(44)45)34(40-26)24-13-31(43)33-19(5)27(41-35(24)33)15-29-22(8-2)17(3)25(38-29)16-30(36)39-28/h11,14-16,18,23,37,40,43H,7-10,12-13H2,1-6H3,(H,44,45)/t18-,23-/m0/s1. The number of carboxylic acid groups (broad SMARTS) is 1. The number of aliphatic carboxylic acids is 1. The number of nitrogens with one attached hydrogen (secondary N) is 2. The van der Waals surface area contributed by atoms with Gasteiger partial charge in [-0.25, -0.2) is 20.4 Å². The summed E-state index contributed by atoms with van der Waals surface area (Å²) in [7, 11) is 0. The van der Waals surface area contributed by atoms with Crippen molar-refractivity contribution in [1.29, 1.82) is 0 Å². The van der Waals surface area contributed by atoms with Crippen molar-refractivity contribution < 1.29 is 15.0 Å². The molecule has 7 rings (SSSR count). The Bertz CT molecular complexity index is 1850. The van der Waals surface area contributed by atoms with Crippen molar-refractivity contribution in [3.63, 3.8) is 0 Å². The monoisotopic (exact) mass is 604 g/mol. The van der Waals surface area contributed by atoms with Gasteiger partial charge in [0.1, 0.15) is 5.76 Å². The Kier molecular flexibility index (Phi) is 7.04. The molecule has 0 aromatic rings. The molecule has 45 heavy (non-hydrogen) atoms. The first-order valence-corrected chi connectivity index (χ1v) is 16.0. The van der Waals surface area contributed by atoms with Crippen molar-refractivity contribution in [2.45, 2.75) is 73.6 Å². The summed E-state index contributed by atoms with van der Waals surface area (Å²) >= 11 is 0. The van der Waals surface area contributed by atoms with Crippen LogP contribution in [0.25, 0.3) is 0 Å². The fraction of sp³-hybridized carbons (Fsp3) is 0.389. The number of carbonyl (C=O) groups is 1. The Morgan fingerprint density at radius 1 is 1.00 bits per heavy atom. The van der Waals surface area contributed by atoms with Crippen molar-refractivity contribution in [1.82, 2.24) is 15.8 Å². The fourth-order valence-corrected chi connectivity index (χ4v) is 7.63. The summed E-state index contributed by atoms with van der Waals surface area (Å²) in [6.07, 6.45) is 11.1.